The number of benzene rings is 1. The number of aliphatic hydroxyl groups excluding tert-OH is 1. The molecule has 1 N–H and O–H groups in total. The van der Waals surface area contributed by atoms with Gasteiger partial charge in [-0.05, 0) is 12.5 Å². The van der Waals surface area contributed by atoms with Crippen LogP contribution in [0.3, 0.4) is 0 Å². The van der Waals surface area contributed by atoms with Gasteiger partial charge < -0.3 is 5.11 Å². The van der Waals surface area contributed by atoms with Crippen molar-refractivity contribution in [2.75, 3.05) is 24.6 Å². The molecule has 1 aliphatic rings. The third-order valence-corrected chi connectivity index (χ3v) is 5.51. The Morgan fingerprint density at radius 2 is 2.19 bits per heavy atom. The van der Waals surface area contributed by atoms with E-state index >= 15 is 0 Å². The lowest BCUT2D eigenvalue weighted by Crippen LogP contribution is -2.39. The van der Waals surface area contributed by atoms with Crippen LogP contribution in [-0.4, -0.2) is 49.1 Å². The minimum atomic E-state index is -3.00. The average Bonchev–Trinajstić information content (AvgIpc) is 2.79. The molecule has 2 rings (SSSR count). The molecule has 2 unspecified atom stereocenters. The summed E-state index contributed by atoms with van der Waals surface area (Å²) in [6.07, 6.45) is 1.22. The van der Waals surface area contributed by atoms with Gasteiger partial charge >= 0.3 is 0 Å². The molecule has 21 heavy (non-hydrogen) atoms. The van der Waals surface area contributed by atoms with E-state index in [1.165, 1.54) is 12.1 Å². The molecule has 1 heterocycles. The van der Waals surface area contributed by atoms with Crippen LogP contribution in [0.15, 0.2) is 36.9 Å². The summed E-state index contributed by atoms with van der Waals surface area (Å²) in [4.78, 5) is 1.86. The van der Waals surface area contributed by atoms with Crippen molar-refractivity contribution >= 4 is 9.84 Å². The molecule has 0 amide bonds. The van der Waals surface area contributed by atoms with Crippen molar-refractivity contribution < 1.29 is 17.9 Å². The van der Waals surface area contributed by atoms with Gasteiger partial charge in [0.1, 0.15) is 5.82 Å². The van der Waals surface area contributed by atoms with Gasteiger partial charge in [-0.15, -0.1) is 6.58 Å². The summed E-state index contributed by atoms with van der Waals surface area (Å²) in [5.41, 5.74) is 0.229. The highest BCUT2D eigenvalue weighted by Gasteiger charge is 2.32. The van der Waals surface area contributed by atoms with Crippen LogP contribution < -0.4 is 0 Å². The number of nitrogens with zero attached hydrogens (tertiary/aromatic N) is 1. The molecule has 0 radical (unpaired) electrons. The van der Waals surface area contributed by atoms with Gasteiger partial charge in [-0.1, -0.05) is 24.3 Å². The molecule has 0 spiro atoms. The quantitative estimate of drug-likeness (QED) is 0.809. The van der Waals surface area contributed by atoms with Crippen LogP contribution in [0.5, 0.6) is 0 Å². The maximum Gasteiger partial charge on any atom is 0.151 e. The van der Waals surface area contributed by atoms with Crippen molar-refractivity contribution in [1.29, 1.82) is 0 Å². The summed E-state index contributed by atoms with van der Waals surface area (Å²) in [5.74, 6) is -0.200. The summed E-state index contributed by atoms with van der Waals surface area (Å²) in [6.45, 7) is 4.31. The zero-order chi connectivity index (χ0) is 15.5. The van der Waals surface area contributed by atoms with Crippen molar-refractivity contribution in [2.24, 2.45) is 0 Å². The lowest BCUT2D eigenvalue weighted by molar-refractivity contribution is 0.0978. The molecule has 6 heteroatoms. The van der Waals surface area contributed by atoms with Gasteiger partial charge in [0.25, 0.3) is 0 Å². The van der Waals surface area contributed by atoms with E-state index < -0.39 is 21.8 Å². The van der Waals surface area contributed by atoms with Crippen LogP contribution in [0, 0.1) is 5.82 Å². The van der Waals surface area contributed by atoms with Crippen LogP contribution in [-0.2, 0) is 9.84 Å². The number of aliphatic hydroxyl groups is 1. The molecule has 4 nitrogen and oxygen atoms in total. The summed E-state index contributed by atoms with van der Waals surface area (Å²) in [6, 6.07) is 5.93. The molecule has 0 aromatic heterocycles. The van der Waals surface area contributed by atoms with E-state index in [1.54, 1.807) is 18.2 Å². The van der Waals surface area contributed by atoms with Crippen LogP contribution in [0.25, 0.3) is 0 Å². The van der Waals surface area contributed by atoms with Crippen LogP contribution in [0.2, 0.25) is 0 Å². The molecule has 1 saturated heterocycles. The Morgan fingerprint density at radius 3 is 2.76 bits per heavy atom. The molecule has 1 fully saturated rings. The normalized spacial score (nSPS) is 22.3. The molecular weight excluding hydrogens is 293 g/mol. The Kier molecular flexibility index (Phi) is 5.13. The molecule has 1 aliphatic heterocycles. The first-order valence-corrected chi connectivity index (χ1v) is 8.73. The molecule has 0 bridgehead atoms. The standard InChI is InChI=1S/C15H20FNO3S/c1-2-8-17(12-7-9-21(19,20)11-12)10-15(18)13-5-3-4-6-14(13)16/h2-6,12,15,18H,1,7-11H2. The fourth-order valence-corrected chi connectivity index (χ4v) is 4.43. The van der Waals surface area contributed by atoms with Gasteiger partial charge in [0, 0.05) is 24.7 Å². The van der Waals surface area contributed by atoms with Gasteiger partial charge in [0.05, 0.1) is 17.6 Å². The summed E-state index contributed by atoms with van der Waals surface area (Å²) in [7, 11) is -3.00. The number of sulfone groups is 1. The first-order valence-electron chi connectivity index (χ1n) is 6.91. The number of rotatable bonds is 6. The maximum absolute atomic E-state index is 13.7. The predicted octanol–water partition coefficient (Wildman–Crippen LogP) is 1.53. The second kappa shape index (κ2) is 6.68. The highest BCUT2D eigenvalue weighted by Crippen LogP contribution is 2.23. The zero-order valence-corrected chi connectivity index (χ0v) is 12.6. The van der Waals surface area contributed by atoms with Crippen LogP contribution in [0.4, 0.5) is 4.39 Å². The monoisotopic (exact) mass is 313 g/mol. The van der Waals surface area contributed by atoms with Gasteiger partial charge in [-0.2, -0.15) is 0 Å². The summed E-state index contributed by atoms with van der Waals surface area (Å²) < 4.78 is 36.9. The van der Waals surface area contributed by atoms with Crippen LogP contribution >= 0.6 is 0 Å². The smallest absolute Gasteiger partial charge is 0.151 e. The minimum absolute atomic E-state index is 0.0881. The van der Waals surface area contributed by atoms with Crippen molar-refractivity contribution in [3.05, 3.63) is 48.3 Å². The molecule has 2 atom stereocenters. The van der Waals surface area contributed by atoms with Crippen molar-refractivity contribution in [1.82, 2.24) is 4.90 Å². The SMILES string of the molecule is C=CCN(CC(O)c1ccccc1F)C1CCS(=O)(=O)C1. The van der Waals surface area contributed by atoms with E-state index in [4.69, 9.17) is 0 Å². The fourth-order valence-electron chi connectivity index (χ4n) is 2.67. The molecule has 116 valence electrons. The van der Waals surface area contributed by atoms with E-state index in [9.17, 15) is 17.9 Å². The Bertz CT molecular complexity index is 603. The highest BCUT2D eigenvalue weighted by molar-refractivity contribution is 7.91. The average molecular weight is 313 g/mol. The van der Waals surface area contributed by atoms with Gasteiger partial charge in [0.2, 0.25) is 0 Å². The first-order chi connectivity index (χ1) is 9.93. The molecule has 0 saturated carbocycles. The van der Waals surface area contributed by atoms with E-state index in [0.29, 0.717) is 13.0 Å². The van der Waals surface area contributed by atoms with E-state index in [-0.39, 0.29) is 29.7 Å². The van der Waals surface area contributed by atoms with E-state index in [0.717, 1.165) is 0 Å². The topological polar surface area (TPSA) is 57.6 Å². The lowest BCUT2D eigenvalue weighted by atomic mass is 10.1. The molecule has 1 aromatic carbocycles. The van der Waals surface area contributed by atoms with E-state index in [2.05, 4.69) is 6.58 Å². The van der Waals surface area contributed by atoms with Gasteiger partial charge in [-0.25, -0.2) is 12.8 Å². The fraction of sp³-hybridized carbons (Fsp3) is 0.467. The highest BCUT2D eigenvalue weighted by atomic mass is 32.2. The number of halogens is 1. The second-order valence-electron chi connectivity index (χ2n) is 5.34. The first kappa shape index (κ1) is 16.1. The van der Waals surface area contributed by atoms with Gasteiger partial charge in [0.15, 0.2) is 9.84 Å². The molecular formula is C15H20FNO3S. The second-order valence-corrected chi connectivity index (χ2v) is 7.57. The Hall–Kier alpha value is -1.24. The lowest BCUT2D eigenvalue weighted by Gasteiger charge is -2.29. The summed E-state index contributed by atoms with van der Waals surface area (Å²) in [5, 5.41) is 10.2. The third-order valence-electron chi connectivity index (χ3n) is 3.76. The Balaban J connectivity index is 2.10. The Morgan fingerprint density at radius 1 is 1.48 bits per heavy atom. The van der Waals surface area contributed by atoms with Gasteiger partial charge in [-0.3, -0.25) is 4.90 Å². The van der Waals surface area contributed by atoms with Crippen molar-refractivity contribution in [3.8, 4) is 0 Å². The molecule has 1 aromatic rings. The maximum atomic E-state index is 13.7. The number of hydrogen-bond donors (Lipinski definition) is 1. The molecule has 0 aliphatic carbocycles. The Labute approximate surface area is 124 Å². The number of hydrogen-bond acceptors (Lipinski definition) is 4. The minimum Gasteiger partial charge on any atom is -0.387 e. The zero-order valence-electron chi connectivity index (χ0n) is 11.8. The third kappa shape index (κ3) is 4.12. The summed E-state index contributed by atoms with van der Waals surface area (Å²) >= 11 is 0. The van der Waals surface area contributed by atoms with Crippen LogP contribution in [0.1, 0.15) is 18.1 Å². The van der Waals surface area contributed by atoms with E-state index in [1.807, 2.05) is 4.90 Å². The van der Waals surface area contributed by atoms with Crippen molar-refractivity contribution in [3.63, 3.8) is 0 Å². The van der Waals surface area contributed by atoms with Crippen molar-refractivity contribution in [2.45, 2.75) is 18.6 Å². The predicted molar refractivity (Wildman–Crippen MR) is 80.2 cm³/mol. The largest absolute Gasteiger partial charge is 0.387 e.